The monoisotopic (exact) mass is 194 g/mol. The van der Waals surface area contributed by atoms with E-state index in [4.69, 9.17) is 0 Å². The number of amides is 1. The first-order chi connectivity index (χ1) is 6.80. The van der Waals surface area contributed by atoms with Crippen molar-refractivity contribution in [1.29, 1.82) is 0 Å². The molecule has 2 aliphatic carbocycles. The predicted molar refractivity (Wildman–Crippen MR) is 53.8 cm³/mol. The lowest BCUT2D eigenvalue weighted by Crippen LogP contribution is -2.41. The van der Waals surface area contributed by atoms with Crippen LogP contribution < -0.4 is 10.6 Å². The van der Waals surface area contributed by atoms with Crippen LogP contribution >= 0.6 is 0 Å². The lowest BCUT2D eigenvalue weighted by Gasteiger charge is -2.26. The van der Waals surface area contributed by atoms with Gasteiger partial charge in [-0.1, -0.05) is 0 Å². The Morgan fingerprint density at radius 1 is 1.43 bits per heavy atom. The molecule has 0 bridgehead atoms. The van der Waals surface area contributed by atoms with Gasteiger partial charge in [0.15, 0.2) is 0 Å². The lowest BCUT2D eigenvalue weighted by molar-refractivity contribution is -0.124. The van der Waals surface area contributed by atoms with Crippen molar-refractivity contribution in [1.82, 2.24) is 10.6 Å². The lowest BCUT2D eigenvalue weighted by atomic mass is 9.92. The summed E-state index contributed by atoms with van der Waals surface area (Å²) in [7, 11) is 0. The fourth-order valence-corrected chi connectivity index (χ4v) is 2.81. The topological polar surface area (TPSA) is 41.1 Å². The van der Waals surface area contributed by atoms with Crippen molar-refractivity contribution in [2.24, 2.45) is 11.3 Å². The average molecular weight is 194 g/mol. The Hall–Kier alpha value is -0.570. The number of hydrogen-bond acceptors (Lipinski definition) is 2. The highest BCUT2D eigenvalue weighted by Crippen LogP contribution is 2.56. The molecule has 3 heteroatoms. The molecule has 0 aromatic rings. The van der Waals surface area contributed by atoms with E-state index in [0.29, 0.717) is 23.3 Å². The van der Waals surface area contributed by atoms with E-state index in [1.54, 1.807) is 0 Å². The zero-order chi connectivity index (χ0) is 9.60. The van der Waals surface area contributed by atoms with Crippen LogP contribution in [0.4, 0.5) is 0 Å². The smallest absolute Gasteiger partial charge is 0.223 e. The predicted octanol–water partition coefficient (Wildman–Crippen LogP) is 0.655. The zero-order valence-electron chi connectivity index (χ0n) is 8.51. The van der Waals surface area contributed by atoms with Crippen molar-refractivity contribution in [3.8, 4) is 0 Å². The molecular weight excluding hydrogens is 176 g/mol. The van der Waals surface area contributed by atoms with Gasteiger partial charge in [-0.2, -0.15) is 0 Å². The molecule has 0 unspecified atom stereocenters. The van der Waals surface area contributed by atoms with Gasteiger partial charge in [0, 0.05) is 18.5 Å². The van der Waals surface area contributed by atoms with E-state index < -0.39 is 0 Å². The van der Waals surface area contributed by atoms with Crippen LogP contribution in [0.25, 0.3) is 0 Å². The van der Waals surface area contributed by atoms with E-state index in [0.717, 1.165) is 19.5 Å². The summed E-state index contributed by atoms with van der Waals surface area (Å²) in [6, 6.07) is 0.509. The van der Waals surface area contributed by atoms with Crippen molar-refractivity contribution in [3.05, 3.63) is 0 Å². The van der Waals surface area contributed by atoms with Gasteiger partial charge in [-0.25, -0.2) is 0 Å². The van der Waals surface area contributed by atoms with Gasteiger partial charge >= 0.3 is 0 Å². The van der Waals surface area contributed by atoms with Crippen molar-refractivity contribution in [3.63, 3.8) is 0 Å². The maximum absolute atomic E-state index is 11.8. The third-order valence-corrected chi connectivity index (χ3v) is 4.23. The quantitative estimate of drug-likeness (QED) is 0.678. The fourth-order valence-electron chi connectivity index (χ4n) is 2.81. The molecule has 1 saturated heterocycles. The molecule has 78 valence electrons. The first-order valence-corrected chi connectivity index (χ1v) is 5.81. The van der Waals surface area contributed by atoms with Gasteiger partial charge in [0.2, 0.25) is 5.91 Å². The Morgan fingerprint density at radius 3 is 2.86 bits per heavy atom. The molecule has 3 nitrogen and oxygen atoms in total. The van der Waals surface area contributed by atoms with E-state index >= 15 is 0 Å². The van der Waals surface area contributed by atoms with E-state index in [-0.39, 0.29) is 0 Å². The molecule has 2 N–H and O–H groups in total. The third kappa shape index (κ3) is 1.26. The molecule has 3 fully saturated rings. The molecular formula is C11H18N2O. The SMILES string of the molecule is O=C(NC1CCC1)[C@@H]1C[C@]12CCNC2. The van der Waals surface area contributed by atoms with Crippen molar-refractivity contribution >= 4 is 5.91 Å². The molecule has 3 aliphatic rings. The van der Waals surface area contributed by atoms with Crippen molar-refractivity contribution in [2.45, 2.75) is 38.1 Å². The van der Waals surface area contributed by atoms with Crippen LogP contribution in [0.2, 0.25) is 0 Å². The van der Waals surface area contributed by atoms with Gasteiger partial charge in [0.05, 0.1) is 0 Å². The Labute approximate surface area is 84.6 Å². The van der Waals surface area contributed by atoms with E-state index in [1.807, 2.05) is 0 Å². The molecule has 2 saturated carbocycles. The van der Waals surface area contributed by atoms with Crippen LogP contribution in [0.3, 0.4) is 0 Å². The molecule has 1 aliphatic heterocycles. The first kappa shape index (κ1) is 8.72. The Bertz CT molecular complexity index is 254. The van der Waals surface area contributed by atoms with E-state index in [1.165, 1.54) is 25.7 Å². The molecule has 0 radical (unpaired) electrons. The second-order valence-corrected chi connectivity index (χ2v) is 5.18. The summed E-state index contributed by atoms with van der Waals surface area (Å²) < 4.78 is 0. The van der Waals surface area contributed by atoms with Crippen LogP contribution in [0, 0.1) is 11.3 Å². The summed E-state index contributed by atoms with van der Waals surface area (Å²) in [4.78, 5) is 11.8. The number of hydrogen-bond donors (Lipinski definition) is 2. The fraction of sp³-hybridized carbons (Fsp3) is 0.909. The summed E-state index contributed by atoms with van der Waals surface area (Å²) in [6.07, 6.45) is 6.02. The summed E-state index contributed by atoms with van der Waals surface area (Å²) in [5, 5.41) is 6.52. The van der Waals surface area contributed by atoms with Gasteiger partial charge in [-0.3, -0.25) is 4.79 Å². The highest BCUT2D eigenvalue weighted by Gasteiger charge is 2.59. The highest BCUT2D eigenvalue weighted by molar-refractivity contribution is 5.83. The molecule has 2 atom stereocenters. The number of nitrogens with one attached hydrogen (secondary N) is 2. The number of carbonyl (C=O) groups excluding carboxylic acids is 1. The van der Waals surface area contributed by atoms with Crippen molar-refractivity contribution < 1.29 is 4.79 Å². The molecule has 1 heterocycles. The molecule has 3 rings (SSSR count). The van der Waals surface area contributed by atoms with Crippen LogP contribution in [-0.2, 0) is 4.79 Å². The standard InChI is InChI=1S/C11H18N2O/c14-10(13-8-2-1-3-8)9-6-11(9)4-5-12-7-11/h8-9,12H,1-7H2,(H,13,14)/t9-,11-/m0/s1. The first-order valence-electron chi connectivity index (χ1n) is 5.81. The van der Waals surface area contributed by atoms with Gasteiger partial charge in [-0.15, -0.1) is 0 Å². The normalized spacial score (nSPS) is 41.0. The van der Waals surface area contributed by atoms with Crippen molar-refractivity contribution in [2.75, 3.05) is 13.1 Å². The van der Waals surface area contributed by atoms with E-state index in [2.05, 4.69) is 10.6 Å². The van der Waals surface area contributed by atoms with Crippen LogP contribution in [0.15, 0.2) is 0 Å². The molecule has 1 amide bonds. The van der Waals surface area contributed by atoms with E-state index in [9.17, 15) is 4.79 Å². The minimum Gasteiger partial charge on any atom is -0.353 e. The summed E-state index contributed by atoms with van der Waals surface area (Å²) >= 11 is 0. The summed E-state index contributed by atoms with van der Waals surface area (Å²) in [6.45, 7) is 2.17. The summed E-state index contributed by atoms with van der Waals surface area (Å²) in [5.41, 5.74) is 0.369. The van der Waals surface area contributed by atoms with Crippen LogP contribution in [-0.4, -0.2) is 25.0 Å². The van der Waals surface area contributed by atoms with Gasteiger partial charge < -0.3 is 10.6 Å². The van der Waals surface area contributed by atoms with Gasteiger partial charge in [-0.05, 0) is 44.1 Å². The number of carbonyl (C=O) groups is 1. The maximum Gasteiger partial charge on any atom is 0.223 e. The Morgan fingerprint density at radius 2 is 2.29 bits per heavy atom. The van der Waals surface area contributed by atoms with Crippen LogP contribution in [0.5, 0.6) is 0 Å². The largest absolute Gasteiger partial charge is 0.353 e. The Kier molecular flexibility index (Phi) is 1.84. The molecule has 0 aromatic carbocycles. The minimum atomic E-state index is 0.332. The second kappa shape index (κ2) is 2.96. The zero-order valence-corrected chi connectivity index (χ0v) is 8.51. The second-order valence-electron chi connectivity index (χ2n) is 5.18. The minimum absolute atomic E-state index is 0.332. The van der Waals surface area contributed by atoms with Gasteiger partial charge in [0.1, 0.15) is 0 Å². The van der Waals surface area contributed by atoms with Gasteiger partial charge in [0.25, 0.3) is 0 Å². The van der Waals surface area contributed by atoms with Crippen LogP contribution in [0.1, 0.15) is 32.1 Å². The maximum atomic E-state index is 11.8. The number of rotatable bonds is 2. The third-order valence-electron chi connectivity index (χ3n) is 4.23. The summed E-state index contributed by atoms with van der Waals surface area (Å²) in [5.74, 6) is 0.663. The molecule has 0 aromatic heterocycles. The molecule has 14 heavy (non-hydrogen) atoms. The Balaban J connectivity index is 1.54. The highest BCUT2D eigenvalue weighted by atomic mass is 16.2. The average Bonchev–Trinajstić information content (AvgIpc) is 2.57. The molecule has 1 spiro atoms.